The summed E-state index contributed by atoms with van der Waals surface area (Å²) in [7, 11) is 0. The maximum atomic E-state index is 8.97. The molecule has 2 aromatic rings. The van der Waals surface area contributed by atoms with E-state index in [1.54, 1.807) is 42.5 Å². The molecule has 0 spiro atoms. The lowest BCUT2D eigenvalue weighted by Crippen LogP contribution is -2.12. The van der Waals surface area contributed by atoms with Gasteiger partial charge in [-0.15, -0.1) is 0 Å². The van der Waals surface area contributed by atoms with E-state index < -0.39 is 0 Å². The van der Waals surface area contributed by atoms with Gasteiger partial charge < -0.3 is 15.6 Å². The highest BCUT2D eigenvalue weighted by molar-refractivity contribution is 6.31. The maximum Gasteiger partial charge on any atom is 0.138 e. The van der Waals surface area contributed by atoms with E-state index in [1.807, 2.05) is 0 Å². The zero-order valence-electron chi connectivity index (χ0n) is 10.1. The summed E-state index contributed by atoms with van der Waals surface area (Å²) in [5.41, 5.74) is 6.74. The van der Waals surface area contributed by atoms with Crippen LogP contribution in [0.1, 0.15) is 11.1 Å². The molecule has 0 saturated carbocycles. The summed E-state index contributed by atoms with van der Waals surface area (Å²) in [6.45, 7) is -0.0140. The third kappa shape index (κ3) is 3.24. The van der Waals surface area contributed by atoms with Crippen LogP contribution in [0.25, 0.3) is 0 Å². The van der Waals surface area contributed by atoms with Gasteiger partial charge in [-0.25, -0.2) is 0 Å². The molecule has 2 aromatic carbocycles. The fourth-order valence-electron chi connectivity index (χ4n) is 1.59. The molecule has 0 radical (unpaired) electrons. The van der Waals surface area contributed by atoms with Crippen molar-refractivity contribution in [2.45, 2.75) is 6.61 Å². The van der Waals surface area contributed by atoms with Gasteiger partial charge in [-0.05, 0) is 35.9 Å². The van der Waals surface area contributed by atoms with Crippen LogP contribution in [-0.2, 0) is 6.61 Å². The first kappa shape index (κ1) is 13.4. The van der Waals surface area contributed by atoms with Crippen molar-refractivity contribution in [1.82, 2.24) is 0 Å². The van der Waals surface area contributed by atoms with Crippen LogP contribution in [-0.4, -0.2) is 10.9 Å². The average Bonchev–Trinajstić information content (AvgIpc) is 2.41. The summed E-state index contributed by atoms with van der Waals surface area (Å²) in [4.78, 5) is 0. The van der Waals surface area contributed by atoms with Crippen LogP contribution < -0.4 is 10.5 Å². The minimum Gasteiger partial charge on any atom is -0.457 e. The minimum absolute atomic E-state index is 0.0140. The van der Waals surface area contributed by atoms with E-state index in [0.717, 1.165) is 5.56 Å². The molecular weight excluding hydrogens is 264 g/mol. The summed E-state index contributed by atoms with van der Waals surface area (Å²) < 4.78 is 5.66. The highest BCUT2D eigenvalue weighted by atomic mass is 35.5. The van der Waals surface area contributed by atoms with Crippen molar-refractivity contribution >= 4 is 17.4 Å². The van der Waals surface area contributed by atoms with E-state index >= 15 is 0 Å². The Morgan fingerprint density at radius 2 is 1.89 bits per heavy atom. The number of ether oxygens (including phenoxy) is 1. The topological polar surface area (TPSA) is 79.3 Å². The van der Waals surface area contributed by atoms with Crippen LogP contribution in [0.3, 0.4) is 0 Å². The second-order valence-corrected chi connectivity index (χ2v) is 4.39. The Morgan fingerprint density at radius 3 is 2.47 bits per heavy atom. The Morgan fingerprint density at radius 1 is 1.21 bits per heavy atom. The molecule has 0 aliphatic heterocycles. The molecule has 98 valence electrons. The number of nitrogens with two attached hydrogens (primary N) is 1. The first-order valence-corrected chi connectivity index (χ1v) is 5.99. The molecule has 0 heterocycles. The molecule has 5 heteroatoms. The van der Waals surface area contributed by atoms with Crippen LogP contribution >= 0.6 is 11.6 Å². The first-order chi connectivity index (χ1) is 9.10. The number of nitrogen functional groups attached to an aromatic ring is 1. The SMILES string of the molecule is N=C(N)c1cc(Cl)ccc1Oc1ccc(CO)cc1. The molecule has 0 bridgehead atoms. The summed E-state index contributed by atoms with van der Waals surface area (Å²) >= 11 is 5.87. The number of benzene rings is 2. The van der Waals surface area contributed by atoms with Crippen molar-refractivity contribution in [3.63, 3.8) is 0 Å². The van der Waals surface area contributed by atoms with Gasteiger partial charge in [-0.2, -0.15) is 0 Å². The third-order valence-electron chi connectivity index (χ3n) is 2.57. The number of hydrogen-bond acceptors (Lipinski definition) is 3. The summed E-state index contributed by atoms with van der Waals surface area (Å²) in [6.07, 6.45) is 0. The van der Waals surface area contributed by atoms with E-state index in [4.69, 9.17) is 32.6 Å². The number of halogens is 1. The highest BCUT2D eigenvalue weighted by Gasteiger charge is 2.08. The number of aliphatic hydroxyl groups excluding tert-OH is 1. The number of amidine groups is 1. The van der Waals surface area contributed by atoms with Crippen LogP contribution in [0.2, 0.25) is 5.02 Å². The fraction of sp³-hybridized carbons (Fsp3) is 0.0714. The van der Waals surface area contributed by atoms with Crippen molar-refractivity contribution in [3.8, 4) is 11.5 Å². The summed E-state index contributed by atoms with van der Waals surface area (Å²) in [5, 5.41) is 17.0. The molecule has 0 fully saturated rings. The molecule has 0 atom stereocenters. The first-order valence-electron chi connectivity index (χ1n) is 5.62. The van der Waals surface area contributed by atoms with Gasteiger partial charge in [0.25, 0.3) is 0 Å². The van der Waals surface area contributed by atoms with E-state index in [1.165, 1.54) is 0 Å². The lowest BCUT2D eigenvalue weighted by atomic mass is 10.2. The van der Waals surface area contributed by atoms with Gasteiger partial charge in [0, 0.05) is 5.02 Å². The summed E-state index contributed by atoms with van der Waals surface area (Å²) in [6, 6.07) is 11.9. The van der Waals surface area contributed by atoms with E-state index in [-0.39, 0.29) is 12.4 Å². The van der Waals surface area contributed by atoms with E-state index in [2.05, 4.69) is 0 Å². The van der Waals surface area contributed by atoms with E-state index in [0.29, 0.717) is 22.1 Å². The van der Waals surface area contributed by atoms with Crippen molar-refractivity contribution in [2.24, 2.45) is 5.73 Å². The molecule has 0 amide bonds. The van der Waals surface area contributed by atoms with Gasteiger partial charge in [0.05, 0.1) is 12.2 Å². The second kappa shape index (κ2) is 5.73. The van der Waals surface area contributed by atoms with Crippen LogP contribution in [0, 0.1) is 5.41 Å². The molecule has 0 aliphatic rings. The normalized spacial score (nSPS) is 10.2. The monoisotopic (exact) mass is 276 g/mol. The fourth-order valence-corrected chi connectivity index (χ4v) is 1.76. The Labute approximate surface area is 115 Å². The molecular formula is C14H13ClN2O2. The van der Waals surface area contributed by atoms with Crippen molar-refractivity contribution < 1.29 is 9.84 Å². The number of aliphatic hydroxyl groups is 1. The molecule has 4 N–H and O–H groups in total. The lowest BCUT2D eigenvalue weighted by molar-refractivity contribution is 0.281. The van der Waals surface area contributed by atoms with Gasteiger partial charge in [0.15, 0.2) is 0 Å². The third-order valence-corrected chi connectivity index (χ3v) is 2.80. The standard InChI is InChI=1S/C14H13ClN2O2/c15-10-3-6-13(12(7-10)14(16)17)19-11-4-1-9(8-18)2-5-11/h1-7,18H,8H2,(H3,16,17). The predicted molar refractivity (Wildman–Crippen MR) is 74.9 cm³/mol. The Hall–Kier alpha value is -2.04. The minimum atomic E-state index is -0.107. The average molecular weight is 277 g/mol. The molecule has 0 aliphatic carbocycles. The number of hydrogen-bond donors (Lipinski definition) is 3. The zero-order chi connectivity index (χ0) is 13.8. The molecule has 0 unspecified atom stereocenters. The highest BCUT2D eigenvalue weighted by Crippen LogP contribution is 2.27. The molecule has 19 heavy (non-hydrogen) atoms. The quantitative estimate of drug-likeness (QED) is 0.593. The number of rotatable bonds is 4. The van der Waals surface area contributed by atoms with E-state index in [9.17, 15) is 0 Å². The van der Waals surface area contributed by atoms with Crippen LogP contribution in [0.5, 0.6) is 11.5 Å². The molecule has 4 nitrogen and oxygen atoms in total. The number of nitrogens with one attached hydrogen (secondary N) is 1. The lowest BCUT2D eigenvalue weighted by Gasteiger charge is -2.11. The van der Waals surface area contributed by atoms with Gasteiger partial charge in [0.2, 0.25) is 0 Å². The second-order valence-electron chi connectivity index (χ2n) is 3.96. The molecule has 0 aromatic heterocycles. The van der Waals surface area contributed by atoms with Gasteiger partial charge in [-0.1, -0.05) is 23.7 Å². The van der Waals surface area contributed by atoms with Crippen LogP contribution in [0.15, 0.2) is 42.5 Å². The maximum absolute atomic E-state index is 8.97. The molecule has 2 rings (SSSR count). The van der Waals surface area contributed by atoms with Gasteiger partial charge >= 0.3 is 0 Å². The zero-order valence-corrected chi connectivity index (χ0v) is 10.8. The van der Waals surface area contributed by atoms with Crippen molar-refractivity contribution in [3.05, 3.63) is 58.6 Å². The Bertz CT molecular complexity index is 597. The van der Waals surface area contributed by atoms with Crippen molar-refractivity contribution in [1.29, 1.82) is 5.41 Å². The predicted octanol–water partition coefficient (Wildman–Crippen LogP) is 2.91. The Balaban J connectivity index is 2.29. The Kier molecular flexibility index (Phi) is 4.04. The van der Waals surface area contributed by atoms with Gasteiger partial charge in [0.1, 0.15) is 17.3 Å². The molecule has 0 saturated heterocycles. The summed E-state index contributed by atoms with van der Waals surface area (Å²) in [5.74, 6) is 0.958. The van der Waals surface area contributed by atoms with Crippen molar-refractivity contribution in [2.75, 3.05) is 0 Å². The van der Waals surface area contributed by atoms with Crippen LogP contribution in [0.4, 0.5) is 0 Å². The van der Waals surface area contributed by atoms with Gasteiger partial charge in [-0.3, -0.25) is 5.41 Å². The largest absolute Gasteiger partial charge is 0.457 e. The smallest absolute Gasteiger partial charge is 0.138 e.